The summed E-state index contributed by atoms with van der Waals surface area (Å²) in [5.74, 6) is -0.366. The van der Waals surface area contributed by atoms with E-state index in [1.54, 1.807) is 31.2 Å². The van der Waals surface area contributed by atoms with Crippen molar-refractivity contribution < 1.29 is 9.53 Å². The van der Waals surface area contributed by atoms with E-state index in [9.17, 15) is 4.79 Å². The molecule has 0 heterocycles. The fourth-order valence-corrected chi connectivity index (χ4v) is 1.10. The van der Waals surface area contributed by atoms with Gasteiger partial charge in [0, 0.05) is 5.69 Å². The molecule has 0 saturated carbocycles. The molecule has 0 aliphatic rings. The Morgan fingerprint density at radius 2 is 2.07 bits per heavy atom. The van der Waals surface area contributed by atoms with E-state index in [2.05, 4.69) is 16.1 Å². The standard InChI is InChI=1S/C11H12N2O2/c1-8(7-12)13-10-5-3-9(4-6-10)11(14)15-2/h3-6,8,13H,1-2H3. The molecule has 15 heavy (non-hydrogen) atoms. The molecule has 1 aromatic rings. The Balaban J connectivity index is 2.73. The first-order valence-corrected chi connectivity index (χ1v) is 4.52. The molecule has 0 amide bonds. The van der Waals surface area contributed by atoms with Crippen molar-refractivity contribution in [3.8, 4) is 6.07 Å². The highest BCUT2D eigenvalue weighted by molar-refractivity contribution is 5.89. The van der Waals surface area contributed by atoms with Gasteiger partial charge in [0.2, 0.25) is 0 Å². The molecule has 0 aliphatic heterocycles. The number of carbonyl (C=O) groups excluding carboxylic acids is 1. The Bertz CT molecular complexity index is 379. The average molecular weight is 204 g/mol. The summed E-state index contributed by atoms with van der Waals surface area (Å²) in [7, 11) is 1.34. The lowest BCUT2D eigenvalue weighted by atomic mass is 10.2. The van der Waals surface area contributed by atoms with Gasteiger partial charge >= 0.3 is 5.97 Å². The second kappa shape index (κ2) is 5.01. The van der Waals surface area contributed by atoms with Crippen molar-refractivity contribution in [3.63, 3.8) is 0 Å². The van der Waals surface area contributed by atoms with Gasteiger partial charge in [-0.25, -0.2) is 4.79 Å². The zero-order chi connectivity index (χ0) is 11.3. The topological polar surface area (TPSA) is 62.1 Å². The van der Waals surface area contributed by atoms with Gasteiger partial charge < -0.3 is 10.1 Å². The van der Waals surface area contributed by atoms with E-state index >= 15 is 0 Å². The summed E-state index contributed by atoms with van der Waals surface area (Å²) in [6.45, 7) is 1.76. The van der Waals surface area contributed by atoms with Gasteiger partial charge in [0.1, 0.15) is 6.04 Å². The highest BCUT2D eigenvalue weighted by Gasteiger charge is 2.04. The van der Waals surface area contributed by atoms with Gasteiger partial charge in [-0.15, -0.1) is 0 Å². The summed E-state index contributed by atoms with van der Waals surface area (Å²) in [4.78, 5) is 11.1. The van der Waals surface area contributed by atoms with Crippen LogP contribution in [0.15, 0.2) is 24.3 Å². The highest BCUT2D eigenvalue weighted by Crippen LogP contribution is 2.11. The molecule has 1 aromatic carbocycles. The molecule has 0 radical (unpaired) electrons. The molecule has 4 heteroatoms. The number of esters is 1. The van der Waals surface area contributed by atoms with Crippen LogP contribution in [0.2, 0.25) is 0 Å². The van der Waals surface area contributed by atoms with Crippen molar-refractivity contribution in [2.45, 2.75) is 13.0 Å². The molecule has 0 spiro atoms. The maximum Gasteiger partial charge on any atom is 0.337 e. The largest absolute Gasteiger partial charge is 0.465 e. The van der Waals surface area contributed by atoms with Crippen LogP contribution in [0.25, 0.3) is 0 Å². The van der Waals surface area contributed by atoms with E-state index in [1.807, 2.05) is 0 Å². The minimum atomic E-state index is -0.366. The molecule has 0 bridgehead atoms. The maximum atomic E-state index is 11.1. The van der Waals surface area contributed by atoms with Crippen LogP contribution in [0.1, 0.15) is 17.3 Å². The Morgan fingerprint density at radius 3 is 2.53 bits per heavy atom. The predicted octanol–water partition coefficient (Wildman–Crippen LogP) is 1.80. The second-order valence-electron chi connectivity index (χ2n) is 3.06. The number of carbonyl (C=O) groups is 1. The summed E-state index contributed by atoms with van der Waals surface area (Å²) >= 11 is 0. The van der Waals surface area contributed by atoms with Crippen molar-refractivity contribution in [3.05, 3.63) is 29.8 Å². The molecule has 1 atom stereocenters. The number of ether oxygens (including phenoxy) is 1. The normalized spacial score (nSPS) is 11.3. The zero-order valence-corrected chi connectivity index (χ0v) is 8.65. The third-order valence-electron chi connectivity index (χ3n) is 1.88. The summed E-state index contributed by atoms with van der Waals surface area (Å²) in [6.07, 6.45) is 0. The van der Waals surface area contributed by atoms with Crippen molar-refractivity contribution in [2.24, 2.45) is 0 Å². The van der Waals surface area contributed by atoms with Gasteiger partial charge in [-0.2, -0.15) is 5.26 Å². The first-order chi connectivity index (χ1) is 7.17. The molecule has 0 aromatic heterocycles. The monoisotopic (exact) mass is 204 g/mol. The first-order valence-electron chi connectivity index (χ1n) is 4.52. The molecular formula is C11H12N2O2. The number of benzene rings is 1. The zero-order valence-electron chi connectivity index (χ0n) is 8.65. The number of hydrogen-bond acceptors (Lipinski definition) is 4. The van der Waals surface area contributed by atoms with Crippen LogP contribution < -0.4 is 5.32 Å². The minimum Gasteiger partial charge on any atom is -0.465 e. The van der Waals surface area contributed by atoms with Crippen LogP contribution >= 0.6 is 0 Å². The quantitative estimate of drug-likeness (QED) is 0.762. The van der Waals surface area contributed by atoms with Crippen LogP contribution in [0.3, 0.4) is 0 Å². The van der Waals surface area contributed by atoms with Gasteiger partial charge in [-0.05, 0) is 31.2 Å². The van der Waals surface area contributed by atoms with Gasteiger partial charge in [0.25, 0.3) is 0 Å². The number of methoxy groups -OCH3 is 1. The molecular weight excluding hydrogens is 192 g/mol. The number of nitrogens with one attached hydrogen (secondary N) is 1. The van der Waals surface area contributed by atoms with E-state index in [0.29, 0.717) is 5.56 Å². The van der Waals surface area contributed by atoms with E-state index in [-0.39, 0.29) is 12.0 Å². The van der Waals surface area contributed by atoms with Crippen LogP contribution in [-0.2, 0) is 4.74 Å². The van der Waals surface area contributed by atoms with E-state index < -0.39 is 0 Å². The third kappa shape index (κ3) is 2.99. The van der Waals surface area contributed by atoms with Crippen molar-refractivity contribution in [2.75, 3.05) is 12.4 Å². The summed E-state index contributed by atoms with van der Waals surface area (Å²) in [5, 5.41) is 11.6. The van der Waals surface area contributed by atoms with Crippen LogP contribution in [0.5, 0.6) is 0 Å². The van der Waals surface area contributed by atoms with E-state index in [1.165, 1.54) is 7.11 Å². The second-order valence-corrected chi connectivity index (χ2v) is 3.06. The van der Waals surface area contributed by atoms with Crippen LogP contribution in [-0.4, -0.2) is 19.1 Å². The van der Waals surface area contributed by atoms with E-state index in [0.717, 1.165) is 5.69 Å². The Labute approximate surface area is 88.5 Å². The summed E-state index contributed by atoms with van der Waals surface area (Å²) in [6, 6.07) is 8.58. The van der Waals surface area contributed by atoms with Crippen molar-refractivity contribution >= 4 is 11.7 Å². The number of rotatable bonds is 3. The van der Waals surface area contributed by atoms with Crippen LogP contribution in [0, 0.1) is 11.3 Å². The number of anilines is 1. The smallest absolute Gasteiger partial charge is 0.337 e. The minimum absolute atomic E-state index is 0.256. The Kier molecular flexibility index (Phi) is 3.69. The predicted molar refractivity (Wildman–Crippen MR) is 56.5 cm³/mol. The Hall–Kier alpha value is -2.02. The molecule has 1 N–H and O–H groups in total. The van der Waals surface area contributed by atoms with Gasteiger partial charge in [-0.3, -0.25) is 0 Å². The Morgan fingerprint density at radius 1 is 1.47 bits per heavy atom. The van der Waals surface area contributed by atoms with E-state index in [4.69, 9.17) is 5.26 Å². The van der Waals surface area contributed by atoms with Crippen molar-refractivity contribution in [1.82, 2.24) is 0 Å². The van der Waals surface area contributed by atoms with Crippen molar-refractivity contribution in [1.29, 1.82) is 5.26 Å². The fourth-order valence-electron chi connectivity index (χ4n) is 1.10. The number of nitrogens with zero attached hydrogens (tertiary/aromatic N) is 1. The van der Waals surface area contributed by atoms with Gasteiger partial charge in [-0.1, -0.05) is 0 Å². The lowest BCUT2D eigenvalue weighted by molar-refractivity contribution is 0.0601. The number of nitriles is 1. The highest BCUT2D eigenvalue weighted by atomic mass is 16.5. The molecule has 78 valence electrons. The van der Waals surface area contributed by atoms with Gasteiger partial charge in [0.05, 0.1) is 18.7 Å². The third-order valence-corrected chi connectivity index (χ3v) is 1.88. The molecule has 0 fully saturated rings. The molecule has 4 nitrogen and oxygen atoms in total. The molecule has 0 saturated heterocycles. The van der Waals surface area contributed by atoms with Crippen LogP contribution in [0.4, 0.5) is 5.69 Å². The van der Waals surface area contributed by atoms with Gasteiger partial charge in [0.15, 0.2) is 0 Å². The maximum absolute atomic E-state index is 11.1. The average Bonchev–Trinajstić information content (AvgIpc) is 2.29. The lowest BCUT2D eigenvalue weighted by Gasteiger charge is -2.07. The first kappa shape index (κ1) is 11.1. The molecule has 1 unspecified atom stereocenters. The lowest BCUT2D eigenvalue weighted by Crippen LogP contribution is -2.12. The molecule has 0 aliphatic carbocycles. The summed E-state index contributed by atoms with van der Waals surface area (Å²) < 4.78 is 4.57. The summed E-state index contributed by atoms with van der Waals surface area (Å²) in [5.41, 5.74) is 1.30. The number of hydrogen-bond donors (Lipinski definition) is 1. The SMILES string of the molecule is COC(=O)c1ccc(NC(C)C#N)cc1. The fraction of sp³-hybridized carbons (Fsp3) is 0.273. The molecule has 1 rings (SSSR count).